The molecule has 0 saturated carbocycles. The highest BCUT2D eigenvalue weighted by Gasteiger charge is 2.49. The summed E-state index contributed by atoms with van der Waals surface area (Å²) in [5, 5.41) is 19.5. The van der Waals surface area contributed by atoms with Gasteiger partial charge >= 0.3 is 15.6 Å². The fraction of sp³-hybridized carbons (Fsp3) is 0.250. The molecule has 0 aliphatic rings. The van der Waals surface area contributed by atoms with Crippen LogP contribution in [0.25, 0.3) is 22.0 Å². The van der Waals surface area contributed by atoms with E-state index in [1.807, 2.05) is 0 Å². The van der Waals surface area contributed by atoms with Gasteiger partial charge in [-0.05, 0) is 47.0 Å². The van der Waals surface area contributed by atoms with E-state index in [9.17, 15) is 31.8 Å². The highest BCUT2D eigenvalue weighted by atomic mass is 32.2. The molecule has 0 fully saturated rings. The van der Waals surface area contributed by atoms with Gasteiger partial charge in [-0.2, -0.15) is 21.6 Å². The number of methoxy groups -OCH3 is 2. The van der Waals surface area contributed by atoms with E-state index in [0.717, 1.165) is 13.2 Å². The Kier molecular flexibility index (Phi) is 6.49. The molecule has 0 saturated heterocycles. The van der Waals surface area contributed by atoms with E-state index in [1.165, 1.54) is 19.4 Å². The minimum absolute atomic E-state index is 0.0656. The summed E-state index contributed by atoms with van der Waals surface area (Å²) in [7, 11) is -3.61. The van der Waals surface area contributed by atoms with Crippen molar-refractivity contribution in [2.45, 2.75) is 18.7 Å². The molecule has 0 unspecified atom stereocenters. The summed E-state index contributed by atoms with van der Waals surface area (Å²) in [5.41, 5.74) is -3.52. The van der Waals surface area contributed by atoms with E-state index in [2.05, 4.69) is 9.17 Å². The summed E-state index contributed by atoms with van der Waals surface area (Å²) in [6, 6.07) is 7.33. The van der Waals surface area contributed by atoms with E-state index in [0.29, 0.717) is 27.6 Å². The lowest BCUT2D eigenvalue weighted by atomic mass is 10.0. The Morgan fingerprint density at radius 1 is 0.906 bits per heavy atom. The van der Waals surface area contributed by atoms with Crippen LogP contribution in [0.5, 0.6) is 17.2 Å². The monoisotopic (exact) mass is 473 g/mol. The maximum Gasteiger partial charge on any atom is 0.534 e. The number of pyridine rings is 1. The maximum atomic E-state index is 12.8. The van der Waals surface area contributed by atoms with Gasteiger partial charge in [-0.25, -0.2) is 0 Å². The third-order valence-corrected chi connectivity index (χ3v) is 5.57. The molecule has 0 spiro atoms. The number of alkyl halides is 3. The van der Waals surface area contributed by atoms with Crippen molar-refractivity contribution in [1.82, 2.24) is 4.98 Å². The second-order valence-corrected chi connectivity index (χ2v) is 8.08. The number of hydrogen-bond donors (Lipinski definition) is 2. The molecule has 2 aromatic carbocycles. The van der Waals surface area contributed by atoms with Gasteiger partial charge in [0.2, 0.25) is 5.75 Å². The molecule has 8 nitrogen and oxygen atoms in total. The number of ether oxygens (including phenoxy) is 2. The summed E-state index contributed by atoms with van der Waals surface area (Å²) in [6.07, 6.45) is 1.41. The zero-order valence-electron chi connectivity index (χ0n) is 16.8. The van der Waals surface area contributed by atoms with Crippen LogP contribution in [0.3, 0.4) is 0 Å². The average molecular weight is 473 g/mol. The molecule has 3 aromatic rings. The SMILES string of the molecule is COc1cc(-c2cnc3cc(CO)c(CO)cc3c2)cc(OS(=O)(=O)C(F)(F)F)c1OC. The van der Waals surface area contributed by atoms with Crippen molar-refractivity contribution in [3.8, 4) is 28.4 Å². The molecule has 0 atom stereocenters. The number of halogens is 3. The number of aliphatic hydroxyl groups excluding tert-OH is 2. The Balaban J connectivity index is 2.18. The molecule has 172 valence electrons. The fourth-order valence-corrected chi connectivity index (χ4v) is 3.50. The minimum Gasteiger partial charge on any atom is -0.493 e. The predicted molar refractivity (Wildman–Crippen MR) is 108 cm³/mol. The van der Waals surface area contributed by atoms with Crippen molar-refractivity contribution in [2.24, 2.45) is 0 Å². The van der Waals surface area contributed by atoms with Crippen molar-refractivity contribution in [3.05, 3.63) is 47.7 Å². The van der Waals surface area contributed by atoms with Gasteiger partial charge in [0, 0.05) is 17.1 Å². The Hall–Kier alpha value is -3.09. The molecule has 12 heteroatoms. The lowest BCUT2D eigenvalue weighted by Gasteiger charge is -2.16. The van der Waals surface area contributed by atoms with Crippen molar-refractivity contribution in [3.63, 3.8) is 0 Å². The Morgan fingerprint density at radius 3 is 2.09 bits per heavy atom. The molecular formula is C20H18F3NO7S. The minimum atomic E-state index is -5.96. The highest BCUT2D eigenvalue weighted by Crippen LogP contribution is 2.43. The normalized spacial score (nSPS) is 12.1. The molecule has 1 heterocycles. The van der Waals surface area contributed by atoms with Gasteiger partial charge in [-0.15, -0.1) is 0 Å². The highest BCUT2D eigenvalue weighted by molar-refractivity contribution is 7.88. The van der Waals surface area contributed by atoms with E-state index >= 15 is 0 Å². The zero-order chi connectivity index (χ0) is 23.7. The third kappa shape index (κ3) is 4.42. The summed E-state index contributed by atoms with van der Waals surface area (Å²) in [6.45, 7) is -0.612. The largest absolute Gasteiger partial charge is 0.534 e. The second kappa shape index (κ2) is 8.81. The van der Waals surface area contributed by atoms with E-state index in [4.69, 9.17) is 9.47 Å². The van der Waals surface area contributed by atoms with Crippen molar-refractivity contribution < 1.29 is 45.5 Å². The van der Waals surface area contributed by atoms with Gasteiger partial charge in [0.05, 0.1) is 33.0 Å². The molecule has 0 amide bonds. The Morgan fingerprint density at radius 2 is 1.53 bits per heavy atom. The topological polar surface area (TPSA) is 115 Å². The van der Waals surface area contributed by atoms with Gasteiger partial charge in [0.25, 0.3) is 0 Å². The van der Waals surface area contributed by atoms with Crippen molar-refractivity contribution in [1.29, 1.82) is 0 Å². The van der Waals surface area contributed by atoms with Gasteiger partial charge < -0.3 is 23.9 Å². The smallest absolute Gasteiger partial charge is 0.493 e. The molecule has 0 radical (unpaired) electrons. The fourth-order valence-electron chi connectivity index (χ4n) is 3.04. The number of aromatic nitrogens is 1. The van der Waals surface area contributed by atoms with Gasteiger partial charge in [-0.3, -0.25) is 4.98 Å². The van der Waals surface area contributed by atoms with Crippen LogP contribution in [0.1, 0.15) is 11.1 Å². The van der Waals surface area contributed by atoms with Crippen molar-refractivity contribution in [2.75, 3.05) is 14.2 Å². The van der Waals surface area contributed by atoms with Crippen LogP contribution in [-0.4, -0.2) is 43.3 Å². The second-order valence-electron chi connectivity index (χ2n) is 6.55. The van der Waals surface area contributed by atoms with Crippen LogP contribution in [0.2, 0.25) is 0 Å². The van der Waals surface area contributed by atoms with Gasteiger partial charge in [0.15, 0.2) is 11.5 Å². The lowest BCUT2D eigenvalue weighted by Crippen LogP contribution is -2.28. The average Bonchev–Trinajstić information content (AvgIpc) is 2.75. The first-order valence-corrected chi connectivity index (χ1v) is 10.4. The van der Waals surface area contributed by atoms with Gasteiger partial charge in [0.1, 0.15) is 0 Å². The first-order chi connectivity index (χ1) is 15.0. The maximum absolute atomic E-state index is 12.8. The first-order valence-electron chi connectivity index (χ1n) is 8.95. The Bertz CT molecular complexity index is 1260. The van der Waals surface area contributed by atoms with Crippen LogP contribution < -0.4 is 13.7 Å². The number of fused-ring (bicyclic) bond motifs is 1. The van der Waals surface area contributed by atoms with E-state index in [-0.39, 0.29) is 30.3 Å². The molecule has 0 aliphatic heterocycles. The molecule has 3 rings (SSSR count). The number of benzene rings is 2. The Labute approximate surface area is 180 Å². The quantitative estimate of drug-likeness (QED) is 0.397. The van der Waals surface area contributed by atoms with E-state index < -0.39 is 21.4 Å². The van der Waals surface area contributed by atoms with Crippen molar-refractivity contribution >= 4 is 21.0 Å². The summed E-state index contributed by atoms with van der Waals surface area (Å²) in [5.74, 6) is -1.12. The lowest BCUT2D eigenvalue weighted by molar-refractivity contribution is -0.0500. The van der Waals surface area contributed by atoms with Crippen LogP contribution >= 0.6 is 0 Å². The summed E-state index contributed by atoms with van der Waals surface area (Å²) in [4.78, 5) is 4.28. The predicted octanol–water partition coefficient (Wildman–Crippen LogP) is 3.13. The summed E-state index contributed by atoms with van der Waals surface area (Å²) >= 11 is 0. The van der Waals surface area contributed by atoms with Crippen LogP contribution in [0.15, 0.2) is 36.5 Å². The molecule has 0 bridgehead atoms. The summed E-state index contributed by atoms with van der Waals surface area (Å²) < 4.78 is 76.0. The van der Waals surface area contributed by atoms with E-state index in [1.54, 1.807) is 18.2 Å². The molecule has 2 N–H and O–H groups in total. The third-order valence-electron chi connectivity index (χ3n) is 4.60. The molecular weight excluding hydrogens is 455 g/mol. The number of rotatable bonds is 7. The van der Waals surface area contributed by atoms with Crippen LogP contribution in [0, 0.1) is 0 Å². The van der Waals surface area contributed by atoms with Crippen LogP contribution in [0.4, 0.5) is 13.2 Å². The molecule has 0 aliphatic carbocycles. The number of aliphatic hydroxyl groups is 2. The van der Waals surface area contributed by atoms with Crippen LogP contribution in [-0.2, 0) is 23.3 Å². The van der Waals surface area contributed by atoms with Gasteiger partial charge in [-0.1, -0.05) is 0 Å². The first kappa shape index (κ1) is 23.6. The molecule has 1 aromatic heterocycles. The number of nitrogens with zero attached hydrogens (tertiary/aromatic N) is 1. The number of hydrogen-bond acceptors (Lipinski definition) is 8. The zero-order valence-corrected chi connectivity index (χ0v) is 17.6. The standard InChI is InChI=1S/C20H18F3NO7S/c1-29-17-6-11(7-18(19(17)30-2)31-32(27,28)20(21,22)23)13-3-12-4-14(9-25)15(10-26)5-16(12)24-8-13/h3-8,25-26H,9-10H2,1-2H3. The molecule has 32 heavy (non-hydrogen) atoms.